The summed E-state index contributed by atoms with van der Waals surface area (Å²) in [6.07, 6.45) is 11.8. The number of esters is 1. The number of para-hydroxylation sites is 2. The van der Waals surface area contributed by atoms with Crippen LogP contribution in [0.4, 0.5) is 0 Å². The molecule has 11 heteroatoms. The zero-order chi connectivity index (χ0) is 35.9. The minimum absolute atomic E-state index is 0.0109. The van der Waals surface area contributed by atoms with Gasteiger partial charge in [-0.1, -0.05) is 70.6 Å². The molecule has 2 aromatic carbocycles. The Kier molecular flexibility index (Phi) is 15.1. The second-order valence-electron chi connectivity index (χ2n) is 11.6. The van der Waals surface area contributed by atoms with Crippen molar-refractivity contribution in [2.75, 3.05) is 19.8 Å². The van der Waals surface area contributed by atoms with Crippen molar-refractivity contribution < 1.29 is 34.0 Å². The van der Waals surface area contributed by atoms with E-state index in [4.69, 9.17) is 18.9 Å². The number of carbonyl (C=O) groups is 1. The number of hydrogen-bond donors (Lipinski definition) is 2. The number of aromatic hydroxyl groups is 2. The van der Waals surface area contributed by atoms with Crippen LogP contribution in [0.5, 0.6) is 28.7 Å². The van der Waals surface area contributed by atoms with Crippen LogP contribution >= 0.6 is 0 Å². The Morgan fingerprint density at radius 1 is 0.735 bits per heavy atom. The lowest BCUT2D eigenvalue weighted by Crippen LogP contribution is -2.22. The summed E-state index contributed by atoms with van der Waals surface area (Å²) in [5.74, 6) is -0.471. The third-order valence-corrected chi connectivity index (χ3v) is 7.96. The molecule has 0 atom stereocenters. The van der Waals surface area contributed by atoms with Gasteiger partial charge >= 0.3 is 5.97 Å². The minimum Gasteiger partial charge on any atom is -0.504 e. The van der Waals surface area contributed by atoms with Crippen molar-refractivity contribution in [1.29, 1.82) is 0 Å². The Balaban J connectivity index is 0.000000267. The molecule has 0 aliphatic carbocycles. The summed E-state index contributed by atoms with van der Waals surface area (Å²) in [7, 11) is 3.20. The zero-order valence-electron chi connectivity index (χ0n) is 29.5. The summed E-state index contributed by atoms with van der Waals surface area (Å²) in [5.41, 5.74) is 0.260. The van der Waals surface area contributed by atoms with Crippen molar-refractivity contribution in [3.05, 3.63) is 75.0 Å². The van der Waals surface area contributed by atoms with E-state index in [2.05, 4.69) is 6.92 Å². The van der Waals surface area contributed by atoms with Gasteiger partial charge in [-0.2, -0.15) is 0 Å². The molecule has 0 spiro atoms. The van der Waals surface area contributed by atoms with E-state index in [0.29, 0.717) is 40.8 Å². The van der Waals surface area contributed by atoms with Gasteiger partial charge in [0.05, 0.1) is 42.7 Å². The highest BCUT2D eigenvalue weighted by Crippen LogP contribution is 2.36. The standard InChI is InChI=1S/C21H29NO4.C17H21NO5/c1-4-6-7-8-9-10-15-26-20-19(23)16-12-11-13-17(25-14-5-2)18(16)22(3)21(20)24;1-4-6-10-23-15-14(19)11-8-7-9-12(17(21)22-5-2)13(11)18(3)16(15)20/h5,11-14,23H,4,6-10,15H2,1-3H3;7-9,19H,4-6,10H2,1-3H3/b14-5-;. The lowest BCUT2D eigenvalue weighted by molar-refractivity contribution is 0.0528. The Morgan fingerprint density at radius 2 is 1.27 bits per heavy atom. The van der Waals surface area contributed by atoms with Crippen LogP contribution in [0.2, 0.25) is 0 Å². The largest absolute Gasteiger partial charge is 0.504 e. The third kappa shape index (κ3) is 9.37. The summed E-state index contributed by atoms with van der Waals surface area (Å²) in [6.45, 7) is 8.75. The summed E-state index contributed by atoms with van der Waals surface area (Å²) < 4.78 is 24.4. The average molecular weight is 679 g/mol. The number of ether oxygens (including phenoxy) is 4. The molecule has 4 aromatic rings. The monoisotopic (exact) mass is 678 g/mol. The molecule has 0 saturated carbocycles. The van der Waals surface area contributed by atoms with Crippen molar-refractivity contribution in [3.63, 3.8) is 0 Å². The van der Waals surface area contributed by atoms with Crippen molar-refractivity contribution >= 4 is 27.8 Å². The molecule has 4 rings (SSSR count). The number of fused-ring (bicyclic) bond motifs is 2. The van der Waals surface area contributed by atoms with Crippen LogP contribution in [0.15, 0.2) is 58.3 Å². The Labute approximate surface area is 287 Å². The predicted octanol–water partition coefficient (Wildman–Crippen LogP) is 7.50. The number of pyridine rings is 2. The fraction of sp³-hybridized carbons (Fsp3) is 0.447. The molecule has 0 radical (unpaired) electrons. The van der Waals surface area contributed by atoms with Crippen molar-refractivity contribution in [1.82, 2.24) is 9.13 Å². The van der Waals surface area contributed by atoms with Gasteiger partial charge < -0.3 is 38.3 Å². The molecular formula is C38H50N2O9. The first-order valence-electron chi connectivity index (χ1n) is 17.0. The smallest absolute Gasteiger partial charge is 0.340 e. The molecule has 0 saturated heterocycles. The first-order valence-corrected chi connectivity index (χ1v) is 17.0. The van der Waals surface area contributed by atoms with Crippen LogP contribution in [-0.2, 0) is 18.8 Å². The highest BCUT2D eigenvalue weighted by molar-refractivity contribution is 6.05. The quantitative estimate of drug-likeness (QED) is 0.0701. The first-order chi connectivity index (χ1) is 23.6. The molecule has 2 heterocycles. The number of hydrogen-bond acceptors (Lipinski definition) is 9. The van der Waals surface area contributed by atoms with Crippen molar-refractivity contribution in [3.8, 4) is 28.7 Å². The van der Waals surface area contributed by atoms with Crippen LogP contribution in [0.25, 0.3) is 21.8 Å². The number of rotatable bonds is 16. The fourth-order valence-electron chi connectivity index (χ4n) is 5.36. The molecule has 0 fully saturated rings. The summed E-state index contributed by atoms with van der Waals surface area (Å²) in [6, 6.07) is 10.1. The average Bonchev–Trinajstić information content (AvgIpc) is 3.11. The van der Waals surface area contributed by atoms with Crippen LogP contribution in [0.3, 0.4) is 0 Å². The number of aryl methyl sites for hydroxylation is 2. The minimum atomic E-state index is -0.535. The molecule has 0 aliphatic rings. The third-order valence-electron chi connectivity index (χ3n) is 7.96. The van der Waals surface area contributed by atoms with Crippen LogP contribution in [-0.4, -0.2) is 45.1 Å². The van der Waals surface area contributed by atoms with Gasteiger partial charge in [-0.05, 0) is 51.0 Å². The number of allylic oxidation sites excluding steroid dienone is 1. The maximum atomic E-state index is 12.6. The lowest BCUT2D eigenvalue weighted by Gasteiger charge is -2.15. The van der Waals surface area contributed by atoms with E-state index in [9.17, 15) is 24.6 Å². The highest BCUT2D eigenvalue weighted by atomic mass is 16.5. The molecule has 2 aromatic heterocycles. The first kappa shape index (κ1) is 38.5. The molecular weight excluding hydrogens is 628 g/mol. The van der Waals surface area contributed by atoms with Crippen LogP contribution in [0.1, 0.15) is 89.4 Å². The van der Waals surface area contributed by atoms with Gasteiger partial charge in [0.15, 0.2) is 17.2 Å². The second-order valence-corrected chi connectivity index (χ2v) is 11.6. The summed E-state index contributed by atoms with van der Waals surface area (Å²) in [4.78, 5) is 37.2. The number of benzene rings is 2. The van der Waals surface area contributed by atoms with E-state index in [1.165, 1.54) is 34.8 Å². The number of unbranched alkanes of at least 4 members (excludes halogenated alkanes) is 6. The van der Waals surface area contributed by atoms with Crippen LogP contribution in [0, 0.1) is 0 Å². The van der Waals surface area contributed by atoms with E-state index >= 15 is 0 Å². The Morgan fingerprint density at radius 3 is 1.86 bits per heavy atom. The van der Waals surface area contributed by atoms with Crippen molar-refractivity contribution in [2.45, 2.75) is 79.1 Å². The van der Waals surface area contributed by atoms with Crippen molar-refractivity contribution in [2.24, 2.45) is 14.1 Å². The molecule has 0 amide bonds. The molecule has 49 heavy (non-hydrogen) atoms. The molecule has 0 unspecified atom stereocenters. The SMILES string of the molecule is C/C=C\Oc1cccc2c(O)c(OCCCCCCCC)c(=O)n(C)c12.CCCCOc1c(O)c2cccc(C(=O)OCC)c2n(C)c1=O. The summed E-state index contributed by atoms with van der Waals surface area (Å²) >= 11 is 0. The lowest BCUT2D eigenvalue weighted by atomic mass is 10.1. The van der Waals surface area contributed by atoms with E-state index in [1.807, 2.05) is 13.8 Å². The van der Waals surface area contributed by atoms with Crippen LogP contribution < -0.4 is 25.3 Å². The zero-order valence-corrected chi connectivity index (χ0v) is 29.5. The van der Waals surface area contributed by atoms with Gasteiger partial charge in [0.2, 0.25) is 11.5 Å². The number of nitrogens with zero attached hydrogens (tertiary/aromatic N) is 2. The fourth-order valence-corrected chi connectivity index (χ4v) is 5.36. The number of carbonyl (C=O) groups excluding carboxylic acids is 1. The maximum absolute atomic E-state index is 12.6. The van der Waals surface area contributed by atoms with Gasteiger partial charge in [0, 0.05) is 24.9 Å². The number of aromatic nitrogens is 2. The predicted molar refractivity (Wildman–Crippen MR) is 192 cm³/mol. The Bertz CT molecular complexity index is 1860. The topological polar surface area (TPSA) is 138 Å². The molecule has 266 valence electrons. The molecule has 2 N–H and O–H groups in total. The molecule has 11 nitrogen and oxygen atoms in total. The highest BCUT2D eigenvalue weighted by Gasteiger charge is 2.21. The maximum Gasteiger partial charge on any atom is 0.340 e. The van der Waals surface area contributed by atoms with Gasteiger partial charge in [-0.3, -0.25) is 9.59 Å². The molecule has 0 bridgehead atoms. The molecule has 0 aliphatic heterocycles. The second kappa shape index (κ2) is 19.2. The van der Waals surface area contributed by atoms with E-state index < -0.39 is 11.5 Å². The van der Waals surface area contributed by atoms with Gasteiger partial charge in [0.1, 0.15) is 0 Å². The van der Waals surface area contributed by atoms with E-state index in [-0.39, 0.29) is 40.7 Å². The Hall–Kier alpha value is -4.93. The van der Waals surface area contributed by atoms with Gasteiger partial charge in [0.25, 0.3) is 11.1 Å². The van der Waals surface area contributed by atoms with E-state index in [0.717, 1.165) is 25.7 Å². The van der Waals surface area contributed by atoms with E-state index in [1.54, 1.807) is 69.8 Å². The van der Waals surface area contributed by atoms with Gasteiger partial charge in [-0.15, -0.1) is 0 Å². The van der Waals surface area contributed by atoms with Gasteiger partial charge in [-0.25, -0.2) is 4.79 Å². The normalized spacial score (nSPS) is 11.1. The summed E-state index contributed by atoms with van der Waals surface area (Å²) in [5, 5.41) is 21.9.